The summed E-state index contributed by atoms with van der Waals surface area (Å²) in [7, 11) is 3.15. The van der Waals surface area contributed by atoms with E-state index in [4.69, 9.17) is 27.9 Å². The minimum atomic E-state index is -0.609. The van der Waals surface area contributed by atoms with Crippen molar-refractivity contribution in [1.82, 2.24) is 4.90 Å². The molecule has 0 saturated carbocycles. The first-order valence-electron chi connectivity index (χ1n) is 10.8. The summed E-state index contributed by atoms with van der Waals surface area (Å²) in [5.74, 6) is -1.04. The lowest BCUT2D eigenvalue weighted by Crippen LogP contribution is -2.41. The third-order valence-corrected chi connectivity index (χ3v) is 6.29. The molecule has 0 aliphatic rings. The molecule has 0 heterocycles. The Morgan fingerprint density at radius 3 is 2.06 bits per heavy atom. The summed E-state index contributed by atoms with van der Waals surface area (Å²) < 4.78 is 9.77. The van der Waals surface area contributed by atoms with Gasteiger partial charge in [-0.05, 0) is 54.8 Å². The van der Waals surface area contributed by atoms with E-state index < -0.39 is 11.9 Å². The van der Waals surface area contributed by atoms with Crippen molar-refractivity contribution in [2.24, 2.45) is 5.92 Å². The van der Waals surface area contributed by atoms with Gasteiger partial charge in [0.05, 0.1) is 7.11 Å². The first-order chi connectivity index (χ1) is 15.7. The van der Waals surface area contributed by atoms with E-state index in [9.17, 15) is 9.59 Å². The molecule has 2 rings (SSSR count). The van der Waals surface area contributed by atoms with Gasteiger partial charge in [-0.15, -0.1) is 0 Å². The van der Waals surface area contributed by atoms with E-state index in [0.29, 0.717) is 16.6 Å². The largest absolute Gasteiger partial charge is 0.466 e. The van der Waals surface area contributed by atoms with Crippen molar-refractivity contribution in [2.45, 2.75) is 32.1 Å². The predicted octanol–water partition coefficient (Wildman–Crippen LogP) is 5.88. The van der Waals surface area contributed by atoms with Crippen LogP contribution in [0.25, 0.3) is 0 Å². The first kappa shape index (κ1) is 26.9. The minimum Gasteiger partial charge on any atom is -0.466 e. The predicted molar refractivity (Wildman–Crippen MR) is 133 cm³/mol. The summed E-state index contributed by atoms with van der Waals surface area (Å²) in [6, 6.07) is 15.8. The van der Waals surface area contributed by atoms with Gasteiger partial charge in [0.2, 0.25) is 0 Å². The lowest BCUT2D eigenvalue weighted by atomic mass is 9.65. The van der Waals surface area contributed by atoms with Gasteiger partial charge in [0.15, 0.2) is 0 Å². The molecule has 0 N–H and O–H groups in total. The van der Waals surface area contributed by atoms with Gasteiger partial charge >= 0.3 is 11.9 Å². The second-order valence-corrected chi connectivity index (χ2v) is 9.07. The van der Waals surface area contributed by atoms with Crippen molar-refractivity contribution in [3.05, 3.63) is 81.9 Å². The van der Waals surface area contributed by atoms with Gasteiger partial charge in [-0.3, -0.25) is 4.90 Å². The molecule has 0 fully saturated rings. The summed E-state index contributed by atoms with van der Waals surface area (Å²) in [4.78, 5) is 25.0. The van der Waals surface area contributed by atoms with Crippen molar-refractivity contribution in [2.75, 3.05) is 27.4 Å². The van der Waals surface area contributed by atoms with E-state index in [0.717, 1.165) is 36.1 Å². The number of carbonyl (C=O) groups is 2. The summed E-state index contributed by atoms with van der Waals surface area (Å²) in [6.07, 6.45) is 4.02. The fraction of sp³-hybridized carbons (Fsp3) is 0.385. The van der Waals surface area contributed by atoms with Crippen LogP contribution in [-0.2, 0) is 24.5 Å². The second-order valence-electron chi connectivity index (χ2n) is 8.20. The normalized spacial score (nSPS) is 12.7. The second kappa shape index (κ2) is 12.8. The number of rotatable bonds is 11. The van der Waals surface area contributed by atoms with E-state index in [1.54, 1.807) is 0 Å². The number of hydrogen-bond acceptors (Lipinski definition) is 5. The fourth-order valence-electron chi connectivity index (χ4n) is 4.03. The number of methoxy groups -OCH3 is 1. The quantitative estimate of drug-likeness (QED) is 0.223. The highest BCUT2D eigenvalue weighted by atomic mass is 35.5. The highest BCUT2D eigenvalue weighted by Gasteiger charge is 2.38. The zero-order valence-electron chi connectivity index (χ0n) is 19.5. The molecule has 2 aromatic carbocycles. The van der Waals surface area contributed by atoms with Gasteiger partial charge in [0.25, 0.3) is 0 Å². The Morgan fingerprint density at radius 1 is 1.03 bits per heavy atom. The molecule has 2 aromatic rings. The molecule has 33 heavy (non-hydrogen) atoms. The summed E-state index contributed by atoms with van der Waals surface area (Å²) in [6.45, 7) is 5.12. The van der Waals surface area contributed by atoms with E-state index in [1.165, 1.54) is 7.11 Å². The number of carbonyl (C=O) groups excluding carboxylic acids is 2. The highest BCUT2D eigenvalue weighted by Crippen LogP contribution is 2.43. The van der Waals surface area contributed by atoms with Crippen molar-refractivity contribution < 1.29 is 19.1 Å². The average Bonchev–Trinajstić information content (AvgIpc) is 2.80. The number of halogens is 2. The molecule has 0 aromatic heterocycles. The van der Waals surface area contributed by atoms with Gasteiger partial charge in [-0.2, -0.15) is 0 Å². The van der Waals surface area contributed by atoms with E-state index in [2.05, 4.69) is 30.7 Å². The molecular formula is C26H31Cl2NO4. The zero-order valence-corrected chi connectivity index (χ0v) is 21.0. The van der Waals surface area contributed by atoms with Crippen LogP contribution >= 0.6 is 23.2 Å². The molecule has 178 valence electrons. The Balaban J connectivity index is 2.30. The number of hydrogen-bond donors (Lipinski definition) is 0. The Bertz CT molecular complexity index is 931. The Hall–Kier alpha value is -2.34. The van der Waals surface area contributed by atoms with Crippen molar-refractivity contribution in [3.8, 4) is 0 Å². The third kappa shape index (κ3) is 7.60. The number of ether oxygens (including phenoxy) is 2. The van der Waals surface area contributed by atoms with Crippen LogP contribution in [0.5, 0.6) is 0 Å². The third-order valence-electron chi connectivity index (χ3n) is 5.82. The van der Waals surface area contributed by atoms with Crippen LogP contribution < -0.4 is 0 Å². The topological polar surface area (TPSA) is 55.8 Å². The number of nitrogens with zero attached hydrogens (tertiary/aromatic N) is 1. The SMILES string of the molecule is CCCC(CN(C)COC(=O)/C=C\C(=O)OC)C(C)(c1cccc(Cl)c1)c1cccc(Cl)c1. The molecule has 0 amide bonds. The molecule has 0 aliphatic heterocycles. The molecule has 0 radical (unpaired) electrons. The van der Waals surface area contributed by atoms with Gasteiger partial charge in [0.1, 0.15) is 6.73 Å². The zero-order chi connectivity index (χ0) is 24.4. The molecule has 0 spiro atoms. The smallest absolute Gasteiger partial charge is 0.332 e. The molecule has 0 bridgehead atoms. The van der Waals surface area contributed by atoms with Gasteiger partial charge in [-0.1, -0.05) is 67.7 Å². The van der Waals surface area contributed by atoms with Crippen LogP contribution in [0.15, 0.2) is 60.7 Å². The van der Waals surface area contributed by atoms with Crippen molar-refractivity contribution in [1.29, 1.82) is 0 Å². The van der Waals surface area contributed by atoms with Crippen LogP contribution in [0, 0.1) is 5.92 Å². The highest BCUT2D eigenvalue weighted by molar-refractivity contribution is 6.31. The van der Waals surface area contributed by atoms with Gasteiger partial charge < -0.3 is 9.47 Å². The monoisotopic (exact) mass is 491 g/mol. The lowest BCUT2D eigenvalue weighted by Gasteiger charge is -2.41. The maximum absolute atomic E-state index is 11.9. The first-order valence-corrected chi connectivity index (χ1v) is 11.6. The summed E-state index contributed by atoms with van der Waals surface area (Å²) >= 11 is 12.7. The van der Waals surface area contributed by atoms with E-state index in [1.807, 2.05) is 48.3 Å². The average molecular weight is 492 g/mol. The maximum Gasteiger partial charge on any atom is 0.332 e. The van der Waals surface area contributed by atoms with Crippen LogP contribution in [-0.4, -0.2) is 44.3 Å². The molecule has 5 nitrogen and oxygen atoms in total. The van der Waals surface area contributed by atoms with Crippen LogP contribution in [0.3, 0.4) is 0 Å². The molecular weight excluding hydrogens is 461 g/mol. The molecule has 0 aliphatic carbocycles. The van der Waals surface area contributed by atoms with Crippen molar-refractivity contribution in [3.63, 3.8) is 0 Å². The molecule has 1 unspecified atom stereocenters. The summed E-state index contributed by atoms with van der Waals surface area (Å²) in [5.41, 5.74) is 1.82. The molecule has 0 saturated heterocycles. The van der Waals surface area contributed by atoms with Gasteiger partial charge in [-0.25, -0.2) is 9.59 Å². The standard InChI is InChI=1S/C26H31Cl2NO4/c1-5-8-21(17-29(3)18-33-25(31)14-13-24(30)32-4)26(2,19-9-6-11-22(27)15-19)20-10-7-12-23(28)16-20/h6-7,9-16,21H,5,8,17-18H2,1-4H3/b14-13-. The number of benzene rings is 2. The van der Waals surface area contributed by atoms with Crippen LogP contribution in [0.2, 0.25) is 10.0 Å². The van der Waals surface area contributed by atoms with Crippen LogP contribution in [0.1, 0.15) is 37.8 Å². The Kier molecular flexibility index (Phi) is 10.4. The maximum atomic E-state index is 11.9. The van der Waals surface area contributed by atoms with Crippen molar-refractivity contribution >= 4 is 35.1 Å². The molecule has 7 heteroatoms. The molecule has 1 atom stereocenters. The van der Waals surface area contributed by atoms with E-state index in [-0.39, 0.29) is 18.1 Å². The minimum absolute atomic E-state index is 0.0890. The fourth-order valence-corrected chi connectivity index (χ4v) is 4.41. The van der Waals surface area contributed by atoms with Gasteiger partial charge in [0, 0.05) is 34.2 Å². The van der Waals surface area contributed by atoms with E-state index >= 15 is 0 Å². The van der Waals surface area contributed by atoms with Crippen LogP contribution in [0.4, 0.5) is 0 Å². The Labute approximate surface area is 206 Å². The lowest BCUT2D eigenvalue weighted by molar-refractivity contribution is -0.143. The summed E-state index contributed by atoms with van der Waals surface area (Å²) in [5, 5.41) is 1.35. The number of esters is 2. The Morgan fingerprint density at radius 2 is 1.58 bits per heavy atom.